The molecule has 0 radical (unpaired) electrons. The first kappa shape index (κ1) is 10.3. The summed E-state index contributed by atoms with van der Waals surface area (Å²) < 4.78 is 0. The summed E-state index contributed by atoms with van der Waals surface area (Å²) in [7, 11) is 0. The molecule has 0 aliphatic carbocycles. The molecule has 0 aromatic rings. The molecule has 0 saturated carbocycles. The highest BCUT2D eigenvalue weighted by molar-refractivity contribution is 8.01. The third kappa shape index (κ3) is 3.89. The maximum atomic E-state index is 10.5. The van der Waals surface area contributed by atoms with Crippen molar-refractivity contribution in [2.75, 3.05) is 0 Å². The van der Waals surface area contributed by atoms with Crippen molar-refractivity contribution in [1.82, 2.24) is 0 Å². The van der Waals surface area contributed by atoms with Crippen molar-refractivity contribution in [2.24, 2.45) is 0 Å². The third-order valence-corrected chi connectivity index (χ3v) is 2.57. The zero-order valence-electron chi connectivity index (χ0n) is 6.57. The Bertz CT molecular complexity index is 176. The quantitative estimate of drug-likeness (QED) is 0.699. The van der Waals surface area contributed by atoms with Gasteiger partial charge in [0.15, 0.2) is 0 Å². The average molecular weight is 173 g/mol. The molecule has 0 bridgehead atoms. The van der Waals surface area contributed by atoms with Crippen LogP contribution in [0.4, 0.5) is 0 Å². The van der Waals surface area contributed by atoms with Gasteiger partial charge in [-0.05, 0) is 13.3 Å². The van der Waals surface area contributed by atoms with Gasteiger partial charge in [0.05, 0.1) is 11.3 Å². The predicted molar refractivity (Wildman–Crippen MR) is 44.4 cm³/mol. The molecular formula is C7H11NO2S. The van der Waals surface area contributed by atoms with E-state index in [9.17, 15) is 4.79 Å². The Morgan fingerprint density at radius 1 is 1.82 bits per heavy atom. The molecule has 0 amide bonds. The number of thioether (sulfide) groups is 1. The monoisotopic (exact) mass is 173 g/mol. The fraction of sp³-hybridized carbons (Fsp3) is 0.714. The van der Waals surface area contributed by atoms with Crippen molar-refractivity contribution in [2.45, 2.75) is 30.8 Å². The van der Waals surface area contributed by atoms with Crippen LogP contribution in [-0.4, -0.2) is 21.6 Å². The van der Waals surface area contributed by atoms with Crippen LogP contribution in [0.1, 0.15) is 20.3 Å². The Balaban J connectivity index is 3.90. The van der Waals surface area contributed by atoms with Crippen molar-refractivity contribution in [1.29, 1.82) is 5.26 Å². The molecule has 1 N–H and O–H groups in total. The van der Waals surface area contributed by atoms with E-state index in [1.54, 1.807) is 13.8 Å². The fourth-order valence-electron chi connectivity index (χ4n) is 0.606. The van der Waals surface area contributed by atoms with Gasteiger partial charge in [0.25, 0.3) is 0 Å². The molecule has 0 aliphatic rings. The van der Waals surface area contributed by atoms with E-state index in [2.05, 4.69) is 0 Å². The van der Waals surface area contributed by atoms with Gasteiger partial charge in [-0.2, -0.15) is 5.26 Å². The lowest BCUT2D eigenvalue weighted by molar-refractivity contribution is -0.136. The number of rotatable bonds is 4. The second-order valence-electron chi connectivity index (χ2n) is 2.14. The number of carboxylic acids is 1. The van der Waals surface area contributed by atoms with E-state index in [4.69, 9.17) is 10.4 Å². The van der Waals surface area contributed by atoms with Gasteiger partial charge in [-0.25, -0.2) is 0 Å². The molecule has 0 aromatic carbocycles. The van der Waals surface area contributed by atoms with Gasteiger partial charge in [-0.15, -0.1) is 11.8 Å². The lowest BCUT2D eigenvalue weighted by Crippen LogP contribution is -2.17. The molecule has 2 atom stereocenters. The van der Waals surface area contributed by atoms with Crippen LogP contribution < -0.4 is 0 Å². The number of hydrogen-bond donors (Lipinski definition) is 1. The van der Waals surface area contributed by atoms with Crippen LogP contribution in [-0.2, 0) is 4.79 Å². The van der Waals surface area contributed by atoms with Crippen LogP contribution in [0.25, 0.3) is 0 Å². The summed E-state index contributed by atoms with van der Waals surface area (Å²) in [6, 6.07) is 1.98. The number of aliphatic carboxylic acids is 1. The molecular weight excluding hydrogens is 162 g/mol. The van der Waals surface area contributed by atoms with E-state index < -0.39 is 11.2 Å². The molecule has 0 aliphatic heterocycles. The van der Waals surface area contributed by atoms with E-state index in [0.29, 0.717) is 6.42 Å². The Kier molecular flexibility index (Phi) is 4.71. The fourth-order valence-corrected chi connectivity index (χ4v) is 1.47. The standard InChI is InChI=1S/C7H11NO2S/c1-3-6(7(9)10)11-5(2)4-8/h5-6H,3H2,1-2H3,(H,9,10). The molecule has 0 spiro atoms. The van der Waals surface area contributed by atoms with Gasteiger partial charge < -0.3 is 5.11 Å². The van der Waals surface area contributed by atoms with Gasteiger partial charge in [-0.1, -0.05) is 6.92 Å². The molecule has 3 nitrogen and oxygen atoms in total. The largest absolute Gasteiger partial charge is 0.480 e. The Morgan fingerprint density at radius 2 is 2.36 bits per heavy atom. The molecule has 0 fully saturated rings. The first-order valence-corrected chi connectivity index (χ1v) is 4.34. The van der Waals surface area contributed by atoms with Crippen LogP contribution in [0.15, 0.2) is 0 Å². The second-order valence-corrected chi connectivity index (χ2v) is 3.69. The summed E-state index contributed by atoms with van der Waals surface area (Å²) in [5, 5.41) is 16.3. The van der Waals surface area contributed by atoms with Crippen molar-refractivity contribution in [3.8, 4) is 6.07 Å². The van der Waals surface area contributed by atoms with Crippen LogP contribution in [0, 0.1) is 11.3 Å². The smallest absolute Gasteiger partial charge is 0.316 e. The van der Waals surface area contributed by atoms with Crippen molar-refractivity contribution in [3.05, 3.63) is 0 Å². The molecule has 4 heteroatoms. The topological polar surface area (TPSA) is 61.1 Å². The Labute approximate surface area is 70.4 Å². The van der Waals surface area contributed by atoms with Crippen molar-refractivity contribution >= 4 is 17.7 Å². The normalized spacial score (nSPS) is 15.0. The van der Waals surface area contributed by atoms with E-state index >= 15 is 0 Å². The zero-order chi connectivity index (χ0) is 8.85. The Morgan fingerprint density at radius 3 is 2.64 bits per heavy atom. The van der Waals surface area contributed by atoms with E-state index in [1.807, 2.05) is 6.07 Å². The molecule has 0 aromatic heterocycles. The molecule has 11 heavy (non-hydrogen) atoms. The van der Waals surface area contributed by atoms with Crippen molar-refractivity contribution < 1.29 is 9.90 Å². The highest BCUT2D eigenvalue weighted by atomic mass is 32.2. The van der Waals surface area contributed by atoms with Crippen molar-refractivity contribution in [3.63, 3.8) is 0 Å². The lowest BCUT2D eigenvalue weighted by atomic mass is 10.3. The number of carbonyl (C=O) groups is 1. The van der Waals surface area contributed by atoms with Crippen LogP contribution >= 0.6 is 11.8 Å². The second kappa shape index (κ2) is 5.03. The summed E-state index contributed by atoms with van der Waals surface area (Å²) in [6.07, 6.45) is 0.562. The van der Waals surface area contributed by atoms with Crippen LogP contribution in [0.3, 0.4) is 0 Å². The highest BCUT2D eigenvalue weighted by Crippen LogP contribution is 2.19. The van der Waals surface area contributed by atoms with Gasteiger partial charge in [0.1, 0.15) is 5.25 Å². The van der Waals surface area contributed by atoms with Gasteiger partial charge in [0, 0.05) is 0 Å². The van der Waals surface area contributed by atoms with Crippen LogP contribution in [0.2, 0.25) is 0 Å². The number of nitriles is 1. The third-order valence-electron chi connectivity index (χ3n) is 1.20. The maximum Gasteiger partial charge on any atom is 0.316 e. The van der Waals surface area contributed by atoms with Gasteiger partial charge >= 0.3 is 5.97 Å². The minimum Gasteiger partial charge on any atom is -0.480 e. The molecule has 2 unspecified atom stereocenters. The van der Waals surface area contributed by atoms with Gasteiger partial charge in [0.2, 0.25) is 0 Å². The van der Waals surface area contributed by atoms with E-state index in [-0.39, 0.29) is 5.25 Å². The molecule has 0 saturated heterocycles. The minimum atomic E-state index is -0.834. The summed E-state index contributed by atoms with van der Waals surface area (Å²) in [6.45, 7) is 3.51. The first-order valence-electron chi connectivity index (χ1n) is 3.39. The number of carboxylic acid groups (broad SMARTS) is 1. The number of hydrogen-bond acceptors (Lipinski definition) is 3. The summed E-state index contributed by atoms with van der Waals surface area (Å²) in [4.78, 5) is 10.5. The molecule has 0 rings (SSSR count). The van der Waals surface area contributed by atoms with E-state index in [1.165, 1.54) is 11.8 Å². The molecule has 0 heterocycles. The SMILES string of the molecule is CCC(SC(C)C#N)C(=O)O. The first-order chi connectivity index (χ1) is 5.11. The predicted octanol–water partition coefficient (Wildman–Crippen LogP) is 1.49. The summed E-state index contributed by atoms with van der Waals surface area (Å²) in [5.41, 5.74) is 0. The summed E-state index contributed by atoms with van der Waals surface area (Å²) >= 11 is 1.19. The lowest BCUT2D eigenvalue weighted by Gasteiger charge is -2.09. The minimum absolute atomic E-state index is 0.240. The van der Waals surface area contributed by atoms with Crippen LogP contribution in [0.5, 0.6) is 0 Å². The zero-order valence-corrected chi connectivity index (χ0v) is 7.39. The summed E-state index contributed by atoms with van der Waals surface area (Å²) in [5.74, 6) is -0.834. The van der Waals surface area contributed by atoms with E-state index in [0.717, 1.165) is 0 Å². The maximum absolute atomic E-state index is 10.5. The molecule has 62 valence electrons. The number of nitrogens with zero attached hydrogens (tertiary/aromatic N) is 1. The van der Waals surface area contributed by atoms with Gasteiger partial charge in [-0.3, -0.25) is 4.79 Å². The highest BCUT2D eigenvalue weighted by Gasteiger charge is 2.18. The Hall–Kier alpha value is -0.690. The average Bonchev–Trinajstić information content (AvgIpc) is 1.99.